The van der Waals surface area contributed by atoms with Gasteiger partial charge in [0, 0.05) is 35.4 Å². The molecule has 48 heavy (non-hydrogen) atoms. The smallest absolute Gasteiger partial charge is 0.259 e. The third-order valence-electron chi connectivity index (χ3n) is 9.32. The maximum atomic E-state index is 14.0. The third kappa shape index (κ3) is 6.48. The summed E-state index contributed by atoms with van der Waals surface area (Å²) in [6.45, 7) is 7.13. The number of pyridine rings is 1. The van der Waals surface area contributed by atoms with E-state index in [0.29, 0.717) is 40.9 Å². The van der Waals surface area contributed by atoms with Crippen molar-refractivity contribution in [2.75, 3.05) is 13.7 Å². The van der Waals surface area contributed by atoms with E-state index in [0.717, 1.165) is 5.56 Å². The van der Waals surface area contributed by atoms with E-state index in [-0.39, 0.29) is 19.4 Å². The van der Waals surface area contributed by atoms with E-state index in [1.54, 1.807) is 33.1 Å². The highest BCUT2D eigenvalue weighted by Gasteiger charge is 2.62. The molecule has 1 aliphatic heterocycles. The first-order valence-corrected chi connectivity index (χ1v) is 17.6. The van der Waals surface area contributed by atoms with Crippen molar-refractivity contribution in [1.82, 2.24) is 19.9 Å². The van der Waals surface area contributed by atoms with Gasteiger partial charge < -0.3 is 24.8 Å². The average molecular weight is 677 g/mol. The van der Waals surface area contributed by atoms with Crippen LogP contribution in [0.3, 0.4) is 0 Å². The number of hydrogen-bond donors (Lipinski definition) is 3. The molecule has 1 aromatic heterocycles. The van der Waals surface area contributed by atoms with Gasteiger partial charge in [0.15, 0.2) is 0 Å². The Labute approximate surface area is 279 Å². The molecule has 5 atom stereocenters. The highest BCUT2D eigenvalue weighted by molar-refractivity contribution is 7.91. The van der Waals surface area contributed by atoms with Gasteiger partial charge in [-0.15, -0.1) is 6.58 Å². The van der Waals surface area contributed by atoms with Gasteiger partial charge in [-0.05, 0) is 37.3 Å². The quantitative estimate of drug-likeness (QED) is 0.245. The minimum absolute atomic E-state index is 0.0124. The molecule has 3 aromatic rings. The van der Waals surface area contributed by atoms with Gasteiger partial charge in [-0.1, -0.05) is 50.3 Å². The van der Waals surface area contributed by atoms with Crippen LogP contribution in [0, 0.1) is 11.8 Å². The molecule has 6 rings (SSSR count). The Morgan fingerprint density at radius 1 is 1.12 bits per heavy atom. The minimum Gasteiger partial charge on any atom is -0.497 e. The van der Waals surface area contributed by atoms with E-state index in [1.807, 2.05) is 42.5 Å². The summed E-state index contributed by atoms with van der Waals surface area (Å²) in [5.41, 5.74) is 0.622. The van der Waals surface area contributed by atoms with Crippen LogP contribution in [0.4, 0.5) is 0 Å². The summed E-state index contributed by atoms with van der Waals surface area (Å²) < 4.78 is 39.3. The van der Waals surface area contributed by atoms with Crippen molar-refractivity contribution in [2.45, 2.75) is 68.6 Å². The number of amides is 3. The molecule has 2 saturated carbocycles. The fraction of sp³-hybridized carbons (Fsp3) is 0.429. The summed E-state index contributed by atoms with van der Waals surface area (Å²) in [6.07, 6.45) is 0.620. The second kappa shape index (κ2) is 12.8. The summed E-state index contributed by atoms with van der Waals surface area (Å²) in [7, 11) is -2.30. The van der Waals surface area contributed by atoms with Crippen LogP contribution in [0.15, 0.2) is 67.3 Å². The maximum Gasteiger partial charge on any atom is 0.259 e. The molecule has 1 saturated heterocycles. The molecule has 3 fully saturated rings. The van der Waals surface area contributed by atoms with E-state index in [4.69, 9.17) is 14.5 Å². The Morgan fingerprint density at radius 2 is 1.85 bits per heavy atom. The fourth-order valence-corrected chi connectivity index (χ4v) is 7.55. The number of methoxy groups -OCH3 is 1. The number of aromatic nitrogens is 1. The Morgan fingerprint density at radius 3 is 2.48 bits per heavy atom. The van der Waals surface area contributed by atoms with Crippen LogP contribution in [0.25, 0.3) is 22.2 Å². The normalized spacial score (nSPS) is 24.2. The number of sulfonamides is 1. The molecule has 2 aromatic carbocycles. The summed E-state index contributed by atoms with van der Waals surface area (Å²) in [6, 6.07) is 15.7. The molecule has 0 radical (unpaired) electrons. The lowest BCUT2D eigenvalue weighted by atomic mass is 10.1. The zero-order valence-corrected chi connectivity index (χ0v) is 27.9. The van der Waals surface area contributed by atoms with Crippen molar-refractivity contribution < 1.29 is 37.4 Å². The summed E-state index contributed by atoms with van der Waals surface area (Å²) in [5.74, 6) is -1.94. The third-order valence-corrected chi connectivity index (χ3v) is 11.1. The highest BCUT2D eigenvalue weighted by atomic mass is 32.2. The zero-order valence-electron chi connectivity index (χ0n) is 27.1. The van der Waals surface area contributed by atoms with Crippen LogP contribution in [0.1, 0.15) is 39.5 Å². The predicted molar refractivity (Wildman–Crippen MR) is 178 cm³/mol. The van der Waals surface area contributed by atoms with Gasteiger partial charge in [0.25, 0.3) is 11.8 Å². The molecule has 1 unspecified atom stereocenters. The minimum atomic E-state index is -3.87. The molecule has 13 heteroatoms. The molecule has 254 valence electrons. The van der Waals surface area contributed by atoms with Gasteiger partial charge in [-0.3, -0.25) is 19.1 Å². The largest absolute Gasteiger partial charge is 0.497 e. The average Bonchev–Trinajstić information content (AvgIpc) is 4.00. The van der Waals surface area contributed by atoms with E-state index in [2.05, 4.69) is 16.6 Å². The van der Waals surface area contributed by atoms with Gasteiger partial charge in [-0.25, -0.2) is 13.4 Å². The molecule has 0 spiro atoms. The number of carbonyl (C=O) groups excluding carboxylic acids is 3. The second-order valence-electron chi connectivity index (χ2n) is 13.1. The first-order chi connectivity index (χ1) is 22.9. The Balaban J connectivity index is 1.29. The Bertz CT molecular complexity index is 1860. The SMILES string of the molecule is C=C[C@@H]1C[C@]1(NC(=O)[C@@H]1CC(Oc2cc(-c3ccccc3)nc3cc(OC)ccc23)CN1C(=O)[C@@H](O)C(C)C)C(=O)NS(=O)(=O)C1CC1. The first kappa shape index (κ1) is 33.4. The van der Waals surface area contributed by atoms with Gasteiger partial charge in [0.2, 0.25) is 15.9 Å². The Kier molecular flexibility index (Phi) is 8.94. The summed E-state index contributed by atoms with van der Waals surface area (Å²) in [4.78, 5) is 47.0. The maximum absolute atomic E-state index is 14.0. The van der Waals surface area contributed by atoms with E-state index in [1.165, 1.54) is 11.0 Å². The molecule has 3 aliphatic rings. The summed E-state index contributed by atoms with van der Waals surface area (Å²) >= 11 is 0. The van der Waals surface area contributed by atoms with Gasteiger partial charge in [0.1, 0.15) is 35.3 Å². The Hall–Kier alpha value is -4.49. The number of aliphatic hydroxyl groups excluding tert-OH is 1. The number of carbonyl (C=O) groups is 3. The number of aliphatic hydroxyl groups is 1. The number of fused-ring (bicyclic) bond motifs is 1. The summed E-state index contributed by atoms with van der Waals surface area (Å²) in [5, 5.41) is 13.6. The standard InChI is InChI=1S/C35H40N4O8S/c1-5-22-18-35(22,34(43)38-48(44,45)25-12-13-25)37-32(41)29-16-24(19-39(29)33(42)31(40)20(2)3)47-30-17-27(21-9-7-6-8-10-21)36-28-15-23(46-4)11-14-26(28)30/h5-11,14-15,17,20,22,24-25,29,31,40H,1,12-13,16,18-19H2,2-4H3,(H,37,41)(H,38,43)/t22-,24?,29+,31+,35-/m1/s1. The lowest BCUT2D eigenvalue weighted by Crippen LogP contribution is -2.57. The second-order valence-corrected chi connectivity index (χ2v) is 15.1. The van der Waals surface area contributed by atoms with Crippen LogP contribution in [0.5, 0.6) is 11.5 Å². The van der Waals surface area contributed by atoms with Gasteiger partial charge in [0.05, 0.1) is 30.1 Å². The van der Waals surface area contributed by atoms with Crippen molar-refractivity contribution >= 4 is 38.6 Å². The fourth-order valence-electron chi connectivity index (χ4n) is 6.19. The molecule has 3 amide bonds. The van der Waals surface area contributed by atoms with E-state index >= 15 is 0 Å². The number of nitrogens with one attached hydrogen (secondary N) is 2. The van der Waals surface area contributed by atoms with Crippen LogP contribution < -0.4 is 19.5 Å². The highest BCUT2D eigenvalue weighted by Crippen LogP contribution is 2.45. The molecule has 3 N–H and O–H groups in total. The lowest BCUT2D eigenvalue weighted by Gasteiger charge is -2.28. The van der Waals surface area contributed by atoms with Crippen LogP contribution in [0.2, 0.25) is 0 Å². The van der Waals surface area contributed by atoms with E-state index < -0.39 is 68.6 Å². The van der Waals surface area contributed by atoms with Crippen LogP contribution in [-0.2, 0) is 24.4 Å². The van der Waals surface area contributed by atoms with Crippen molar-refractivity contribution in [1.29, 1.82) is 0 Å². The molecule has 12 nitrogen and oxygen atoms in total. The number of nitrogens with zero attached hydrogens (tertiary/aromatic N) is 2. The predicted octanol–water partition coefficient (Wildman–Crippen LogP) is 2.94. The number of hydrogen-bond acceptors (Lipinski definition) is 9. The number of ether oxygens (including phenoxy) is 2. The van der Waals surface area contributed by atoms with Crippen LogP contribution in [-0.4, -0.2) is 83.8 Å². The molecule has 2 aliphatic carbocycles. The van der Waals surface area contributed by atoms with Crippen molar-refractivity contribution in [3.8, 4) is 22.8 Å². The molecular formula is C35H40N4O8S. The van der Waals surface area contributed by atoms with Crippen molar-refractivity contribution in [3.63, 3.8) is 0 Å². The van der Waals surface area contributed by atoms with Gasteiger partial charge in [-0.2, -0.15) is 0 Å². The van der Waals surface area contributed by atoms with Crippen LogP contribution >= 0.6 is 0 Å². The number of likely N-dealkylation sites (tertiary alicyclic amines) is 1. The topological polar surface area (TPSA) is 164 Å². The van der Waals surface area contributed by atoms with Crippen molar-refractivity contribution in [2.24, 2.45) is 11.8 Å². The van der Waals surface area contributed by atoms with Crippen molar-refractivity contribution in [3.05, 3.63) is 67.3 Å². The van der Waals surface area contributed by atoms with Gasteiger partial charge >= 0.3 is 0 Å². The lowest BCUT2D eigenvalue weighted by molar-refractivity contribution is -0.147. The number of rotatable bonds is 12. The molecule has 2 heterocycles. The molecule has 0 bridgehead atoms. The molecular weight excluding hydrogens is 636 g/mol. The number of benzene rings is 2. The first-order valence-electron chi connectivity index (χ1n) is 16.1. The monoisotopic (exact) mass is 676 g/mol. The zero-order chi connectivity index (χ0) is 34.4. The van der Waals surface area contributed by atoms with E-state index in [9.17, 15) is 27.9 Å².